The van der Waals surface area contributed by atoms with Gasteiger partial charge in [-0.15, -0.1) is 11.3 Å². The molecule has 1 heterocycles. The third-order valence-corrected chi connectivity index (χ3v) is 5.89. The number of thiazole rings is 1. The number of aromatic nitrogens is 1. The fourth-order valence-corrected chi connectivity index (χ4v) is 4.44. The summed E-state index contributed by atoms with van der Waals surface area (Å²) in [5.41, 5.74) is 2.32. The van der Waals surface area contributed by atoms with Gasteiger partial charge in [0, 0.05) is 32.1 Å². The molecule has 0 N–H and O–H groups in total. The van der Waals surface area contributed by atoms with Crippen LogP contribution in [0, 0.1) is 13.8 Å². The van der Waals surface area contributed by atoms with Crippen LogP contribution in [-0.2, 0) is 22.3 Å². The maximum Gasteiger partial charge on any atom is 0.0897 e. The Hall–Kier alpha value is -0.520. The molecule has 0 aliphatic rings. The number of nitrogens with zero attached hydrogens (tertiary/aromatic N) is 1. The summed E-state index contributed by atoms with van der Waals surface area (Å²) in [6.07, 6.45) is 1.83. The molecule has 0 amide bonds. The zero-order chi connectivity index (χ0) is 13.1. The number of benzene rings is 1. The molecule has 0 aliphatic carbocycles. The first-order chi connectivity index (χ1) is 8.56. The molecular formula is C13H14BrNOS2. The van der Waals surface area contributed by atoms with Gasteiger partial charge in [-0.2, -0.15) is 0 Å². The van der Waals surface area contributed by atoms with Crippen molar-refractivity contribution in [3.05, 3.63) is 49.9 Å². The molecular weight excluding hydrogens is 330 g/mol. The first-order valence-electron chi connectivity index (χ1n) is 5.56. The van der Waals surface area contributed by atoms with E-state index in [0.29, 0.717) is 11.5 Å². The fourth-order valence-electron chi connectivity index (χ4n) is 1.66. The topological polar surface area (TPSA) is 30.0 Å². The number of rotatable bonds is 4. The van der Waals surface area contributed by atoms with Crippen molar-refractivity contribution in [2.45, 2.75) is 25.4 Å². The average molecular weight is 344 g/mol. The molecule has 5 heteroatoms. The highest BCUT2D eigenvalue weighted by Crippen LogP contribution is 2.22. The predicted octanol–water partition coefficient (Wildman–Crippen LogP) is 3.97. The van der Waals surface area contributed by atoms with Crippen LogP contribution in [0.4, 0.5) is 0 Å². The molecule has 0 saturated carbocycles. The van der Waals surface area contributed by atoms with Gasteiger partial charge in [0.2, 0.25) is 0 Å². The van der Waals surface area contributed by atoms with E-state index in [1.807, 2.05) is 38.2 Å². The van der Waals surface area contributed by atoms with Crippen LogP contribution in [0.25, 0.3) is 0 Å². The van der Waals surface area contributed by atoms with Crippen LogP contribution in [0.3, 0.4) is 0 Å². The molecule has 1 aromatic carbocycles. The van der Waals surface area contributed by atoms with Crippen LogP contribution in [0.2, 0.25) is 0 Å². The van der Waals surface area contributed by atoms with Crippen LogP contribution in [0.15, 0.2) is 28.9 Å². The first-order valence-corrected chi connectivity index (χ1v) is 8.66. The van der Waals surface area contributed by atoms with Gasteiger partial charge in [-0.3, -0.25) is 4.21 Å². The molecule has 0 spiro atoms. The van der Waals surface area contributed by atoms with Crippen LogP contribution in [0.1, 0.15) is 21.0 Å². The van der Waals surface area contributed by atoms with E-state index in [0.717, 1.165) is 19.9 Å². The molecule has 2 rings (SSSR count). The molecule has 18 heavy (non-hydrogen) atoms. The van der Waals surface area contributed by atoms with Crippen molar-refractivity contribution >= 4 is 38.1 Å². The van der Waals surface area contributed by atoms with Crippen molar-refractivity contribution in [3.8, 4) is 0 Å². The highest BCUT2D eigenvalue weighted by molar-refractivity contribution is 9.10. The number of hydrogen-bond acceptors (Lipinski definition) is 3. The Labute approximate surface area is 122 Å². The van der Waals surface area contributed by atoms with Crippen molar-refractivity contribution < 1.29 is 4.21 Å². The van der Waals surface area contributed by atoms with Gasteiger partial charge in [-0.1, -0.05) is 28.1 Å². The van der Waals surface area contributed by atoms with E-state index >= 15 is 0 Å². The maximum atomic E-state index is 12.1. The van der Waals surface area contributed by atoms with Gasteiger partial charge >= 0.3 is 0 Å². The largest absolute Gasteiger partial charge is 0.259 e. The quantitative estimate of drug-likeness (QED) is 0.840. The van der Waals surface area contributed by atoms with Crippen molar-refractivity contribution in [1.29, 1.82) is 0 Å². The zero-order valence-electron chi connectivity index (χ0n) is 10.3. The Bertz CT molecular complexity index is 580. The molecule has 0 aliphatic heterocycles. The van der Waals surface area contributed by atoms with E-state index in [-0.39, 0.29) is 0 Å². The third-order valence-electron chi connectivity index (χ3n) is 2.67. The predicted molar refractivity (Wildman–Crippen MR) is 81.3 cm³/mol. The lowest BCUT2D eigenvalue weighted by atomic mass is 10.1. The molecule has 0 radical (unpaired) electrons. The third kappa shape index (κ3) is 3.49. The van der Waals surface area contributed by atoms with Crippen LogP contribution in [-0.4, -0.2) is 9.19 Å². The molecule has 2 nitrogen and oxygen atoms in total. The fraction of sp³-hybridized carbons (Fsp3) is 0.308. The Balaban J connectivity index is 2.05. The van der Waals surface area contributed by atoms with E-state index in [2.05, 4.69) is 20.9 Å². The summed E-state index contributed by atoms with van der Waals surface area (Å²) in [6.45, 7) is 4.02. The molecule has 96 valence electrons. The summed E-state index contributed by atoms with van der Waals surface area (Å²) in [7, 11) is -0.878. The van der Waals surface area contributed by atoms with Gasteiger partial charge < -0.3 is 0 Å². The first kappa shape index (κ1) is 13.9. The van der Waals surface area contributed by atoms with E-state index < -0.39 is 10.8 Å². The lowest BCUT2D eigenvalue weighted by molar-refractivity contribution is 0.682. The second-order valence-corrected chi connectivity index (χ2v) is 7.73. The smallest absolute Gasteiger partial charge is 0.0897 e. The lowest BCUT2D eigenvalue weighted by Gasteiger charge is -2.06. The van der Waals surface area contributed by atoms with Crippen molar-refractivity contribution in [3.63, 3.8) is 0 Å². The Kier molecular flexibility index (Phi) is 4.70. The average Bonchev–Trinajstić information content (AvgIpc) is 2.70. The Morgan fingerprint density at radius 2 is 2.11 bits per heavy atom. The molecule has 1 unspecified atom stereocenters. The van der Waals surface area contributed by atoms with Gasteiger partial charge in [0.05, 0.1) is 10.8 Å². The normalized spacial score (nSPS) is 12.6. The van der Waals surface area contributed by atoms with Crippen molar-refractivity contribution in [2.24, 2.45) is 0 Å². The molecule has 0 fully saturated rings. The summed E-state index contributed by atoms with van der Waals surface area (Å²) in [5, 5.41) is 1.03. The summed E-state index contributed by atoms with van der Waals surface area (Å²) < 4.78 is 13.2. The standard InChI is InChI=1S/C13H14BrNOS2/c1-9-11(4-3-5-13(9)14)7-18(16)8-12-6-15-10(2)17-12/h3-6H,7-8H2,1-2H3. The van der Waals surface area contributed by atoms with Crippen molar-refractivity contribution in [2.75, 3.05) is 0 Å². The number of aryl methyl sites for hydroxylation is 1. The molecule has 0 saturated heterocycles. The monoisotopic (exact) mass is 343 g/mol. The minimum atomic E-state index is -0.878. The van der Waals surface area contributed by atoms with E-state index in [9.17, 15) is 4.21 Å². The summed E-state index contributed by atoms with van der Waals surface area (Å²) in [5.74, 6) is 1.19. The Morgan fingerprint density at radius 1 is 1.33 bits per heavy atom. The maximum absolute atomic E-state index is 12.1. The second kappa shape index (κ2) is 6.08. The summed E-state index contributed by atoms with van der Waals surface area (Å²) >= 11 is 5.12. The van der Waals surface area contributed by atoms with Crippen molar-refractivity contribution in [1.82, 2.24) is 4.98 Å². The van der Waals surface area contributed by atoms with Crippen LogP contribution in [0.5, 0.6) is 0 Å². The Morgan fingerprint density at radius 3 is 2.78 bits per heavy atom. The van der Waals surface area contributed by atoms with E-state index in [1.165, 1.54) is 5.56 Å². The SMILES string of the molecule is Cc1ncc(CS(=O)Cc2cccc(Br)c2C)s1. The summed E-state index contributed by atoms with van der Waals surface area (Å²) in [4.78, 5) is 5.28. The van der Waals surface area contributed by atoms with Gasteiger partial charge in [0.1, 0.15) is 0 Å². The van der Waals surface area contributed by atoms with E-state index in [1.54, 1.807) is 11.3 Å². The number of halogens is 1. The molecule has 1 aromatic heterocycles. The van der Waals surface area contributed by atoms with Gasteiger partial charge in [-0.05, 0) is 31.0 Å². The molecule has 0 bridgehead atoms. The van der Waals surface area contributed by atoms with Gasteiger partial charge in [0.25, 0.3) is 0 Å². The molecule has 1 atom stereocenters. The summed E-state index contributed by atoms with van der Waals surface area (Å²) in [6, 6.07) is 6.03. The van der Waals surface area contributed by atoms with Gasteiger partial charge in [-0.25, -0.2) is 4.98 Å². The zero-order valence-corrected chi connectivity index (χ0v) is 13.5. The van der Waals surface area contributed by atoms with Gasteiger partial charge in [0.15, 0.2) is 0 Å². The highest BCUT2D eigenvalue weighted by Gasteiger charge is 2.09. The second-order valence-electron chi connectivity index (χ2n) is 4.10. The minimum absolute atomic E-state index is 0.595. The van der Waals surface area contributed by atoms with Crippen LogP contribution < -0.4 is 0 Å². The number of hydrogen-bond donors (Lipinski definition) is 0. The van der Waals surface area contributed by atoms with E-state index in [4.69, 9.17) is 0 Å². The minimum Gasteiger partial charge on any atom is -0.259 e. The lowest BCUT2D eigenvalue weighted by Crippen LogP contribution is -2.00. The van der Waals surface area contributed by atoms with Crippen LogP contribution >= 0.6 is 27.3 Å². The molecule has 2 aromatic rings. The highest BCUT2D eigenvalue weighted by atomic mass is 79.9.